The molecule has 0 spiro atoms. The van der Waals surface area contributed by atoms with E-state index in [-0.39, 0.29) is 0 Å². The van der Waals surface area contributed by atoms with E-state index in [1.807, 2.05) is 7.05 Å². The fraction of sp³-hybridized carbons (Fsp3) is 0.706. The summed E-state index contributed by atoms with van der Waals surface area (Å²) in [6.45, 7) is 13.1. The SMILES string of the molecule is CCCCN(c1nc(C)cc(C)c1CNC)C(C)CC. The first-order chi connectivity index (χ1) is 9.54. The Bertz CT molecular complexity index is 415. The van der Waals surface area contributed by atoms with Crippen molar-refractivity contribution in [2.75, 3.05) is 18.5 Å². The molecule has 0 amide bonds. The lowest BCUT2D eigenvalue weighted by Crippen LogP contribution is -2.35. The van der Waals surface area contributed by atoms with Crippen LogP contribution in [0.1, 0.15) is 56.9 Å². The smallest absolute Gasteiger partial charge is 0.133 e. The number of unbranched alkanes of at least 4 members (excludes halogenated alkanes) is 1. The largest absolute Gasteiger partial charge is 0.354 e. The van der Waals surface area contributed by atoms with E-state index >= 15 is 0 Å². The standard InChI is InChI=1S/C17H31N3/c1-7-9-10-20(15(5)8-2)17-16(12-18-6)13(3)11-14(4)19-17/h11,15,18H,7-10,12H2,1-6H3. The Kier molecular flexibility index (Phi) is 7.00. The van der Waals surface area contributed by atoms with Gasteiger partial charge in [0.2, 0.25) is 0 Å². The van der Waals surface area contributed by atoms with E-state index in [0.29, 0.717) is 6.04 Å². The average Bonchev–Trinajstić information content (AvgIpc) is 2.42. The molecule has 0 fully saturated rings. The molecule has 1 unspecified atom stereocenters. The normalized spacial score (nSPS) is 12.5. The third-order valence-electron chi connectivity index (χ3n) is 3.95. The van der Waals surface area contributed by atoms with E-state index in [1.54, 1.807) is 0 Å². The van der Waals surface area contributed by atoms with Gasteiger partial charge in [-0.05, 0) is 52.3 Å². The van der Waals surface area contributed by atoms with Crippen LogP contribution >= 0.6 is 0 Å². The minimum absolute atomic E-state index is 0.533. The number of hydrogen-bond donors (Lipinski definition) is 1. The van der Waals surface area contributed by atoms with Gasteiger partial charge in [-0.25, -0.2) is 4.98 Å². The van der Waals surface area contributed by atoms with Crippen LogP contribution in [0.25, 0.3) is 0 Å². The maximum absolute atomic E-state index is 4.86. The summed E-state index contributed by atoms with van der Waals surface area (Å²) in [5, 5.41) is 3.29. The summed E-state index contributed by atoms with van der Waals surface area (Å²) in [5.41, 5.74) is 3.79. The number of aromatic nitrogens is 1. The van der Waals surface area contributed by atoms with Gasteiger partial charge in [0, 0.05) is 30.4 Å². The molecule has 1 aromatic rings. The van der Waals surface area contributed by atoms with Gasteiger partial charge in [0.25, 0.3) is 0 Å². The molecule has 0 aliphatic rings. The van der Waals surface area contributed by atoms with Gasteiger partial charge >= 0.3 is 0 Å². The third kappa shape index (κ3) is 4.20. The van der Waals surface area contributed by atoms with E-state index in [1.165, 1.54) is 29.8 Å². The lowest BCUT2D eigenvalue weighted by molar-refractivity contribution is 0.584. The number of aryl methyl sites for hydroxylation is 2. The van der Waals surface area contributed by atoms with Crippen LogP contribution in [0.4, 0.5) is 5.82 Å². The molecule has 114 valence electrons. The third-order valence-corrected chi connectivity index (χ3v) is 3.95. The predicted molar refractivity (Wildman–Crippen MR) is 88.5 cm³/mol. The molecule has 0 aliphatic heterocycles. The summed E-state index contributed by atoms with van der Waals surface area (Å²) in [7, 11) is 2.00. The number of pyridine rings is 1. The molecule has 1 N–H and O–H groups in total. The minimum Gasteiger partial charge on any atom is -0.354 e. The van der Waals surface area contributed by atoms with E-state index in [9.17, 15) is 0 Å². The van der Waals surface area contributed by atoms with Crippen molar-refractivity contribution < 1.29 is 0 Å². The highest BCUT2D eigenvalue weighted by molar-refractivity contribution is 5.52. The molecule has 1 heterocycles. The molecule has 3 nitrogen and oxygen atoms in total. The van der Waals surface area contributed by atoms with Crippen LogP contribution in [0.3, 0.4) is 0 Å². The fourth-order valence-corrected chi connectivity index (χ4v) is 2.56. The van der Waals surface area contributed by atoms with Gasteiger partial charge < -0.3 is 10.2 Å². The van der Waals surface area contributed by atoms with Crippen LogP contribution in [0.15, 0.2) is 6.07 Å². The lowest BCUT2D eigenvalue weighted by Gasteiger charge is -2.32. The van der Waals surface area contributed by atoms with Crippen molar-refractivity contribution in [2.24, 2.45) is 0 Å². The van der Waals surface area contributed by atoms with Gasteiger partial charge in [-0.1, -0.05) is 20.3 Å². The van der Waals surface area contributed by atoms with E-state index < -0.39 is 0 Å². The molecule has 1 aromatic heterocycles. The second kappa shape index (κ2) is 8.25. The molecule has 0 bridgehead atoms. The highest BCUT2D eigenvalue weighted by Gasteiger charge is 2.19. The Hall–Kier alpha value is -1.09. The highest BCUT2D eigenvalue weighted by Crippen LogP contribution is 2.25. The zero-order valence-electron chi connectivity index (χ0n) is 14.1. The summed E-state index contributed by atoms with van der Waals surface area (Å²) in [6.07, 6.45) is 3.59. The average molecular weight is 277 g/mol. The van der Waals surface area contributed by atoms with Crippen LogP contribution in [-0.4, -0.2) is 24.6 Å². The zero-order valence-corrected chi connectivity index (χ0v) is 14.1. The zero-order chi connectivity index (χ0) is 15.1. The van der Waals surface area contributed by atoms with Crippen molar-refractivity contribution in [1.29, 1.82) is 0 Å². The number of nitrogens with zero attached hydrogens (tertiary/aromatic N) is 2. The van der Waals surface area contributed by atoms with Crippen LogP contribution in [0, 0.1) is 13.8 Å². The Labute approximate surface area is 124 Å². The Balaban J connectivity index is 3.21. The molecule has 0 aromatic carbocycles. The van der Waals surface area contributed by atoms with Crippen LogP contribution < -0.4 is 10.2 Å². The predicted octanol–water partition coefficient (Wildman–Crippen LogP) is 3.82. The second-order valence-electron chi connectivity index (χ2n) is 5.72. The van der Waals surface area contributed by atoms with Gasteiger partial charge in [0.05, 0.1) is 0 Å². The summed E-state index contributed by atoms with van der Waals surface area (Å²) in [6, 6.07) is 2.72. The van der Waals surface area contributed by atoms with Crippen molar-refractivity contribution in [3.05, 3.63) is 22.9 Å². The molecule has 0 saturated heterocycles. The number of anilines is 1. The van der Waals surface area contributed by atoms with Crippen molar-refractivity contribution in [2.45, 2.75) is 66.5 Å². The molecule has 0 saturated carbocycles. The summed E-state index contributed by atoms with van der Waals surface area (Å²) in [5.74, 6) is 1.18. The fourth-order valence-electron chi connectivity index (χ4n) is 2.56. The molecule has 1 atom stereocenters. The van der Waals surface area contributed by atoms with E-state index in [4.69, 9.17) is 4.98 Å². The van der Waals surface area contributed by atoms with Gasteiger partial charge in [0.1, 0.15) is 5.82 Å². The van der Waals surface area contributed by atoms with Gasteiger partial charge in [-0.2, -0.15) is 0 Å². The number of nitrogens with one attached hydrogen (secondary N) is 1. The molecular formula is C17H31N3. The Morgan fingerprint density at radius 3 is 2.55 bits per heavy atom. The number of rotatable bonds is 8. The van der Waals surface area contributed by atoms with E-state index in [0.717, 1.165) is 25.2 Å². The van der Waals surface area contributed by atoms with E-state index in [2.05, 4.69) is 50.9 Å². The van der Waals surface area contributed by atoms with Crippen LogP contribution in [0.5, 0.6) is 0 Å². The van der Waals surface area contributed by atoms with Crippen molar-refractivity contribution in [1.82, 2.24) is 10.3 Å². The van der Waals surface area contributed by atoms with Crippen LogP contribution in [0.2, 0.25) is 0 Å². The first-order valence-corrected chi connectivity index (χ1v) is 7.93. The second-order valence-corrected chi connectivity index (χ2v) is 5.72. The quantitative estimate of drug-likeness (QED) is 0.783. The van der Waals surface area contributed by atoms with Gasteiger partial charge in [-0.3, -0.25) is 0 Å². The summed E-state index contributed by atoms with van der Waals surface area (Å²) >= 11 is 0. The molecule has 3 heteroatoms. The van der Waals surface area contributed by atoms with Crippen LogP contribution in [-0.2, 0) is 6.54 Å². The summed E-state index contributed by atoms with van der Waals surface area (Å²) < 4.78 is 0. The molecule has 1 rings (SSSR count). The molecular weight excluding hydrogens is 246 g/mol. The lowest BCUT2D eigenvalue weighted by atomic mass is 10.1. The number of hydrogen-bond acceptors (Lipinski definition) is 3. The highest BCUT2D eigenvalue weighted by atomic mass is 15.2. The maximum atomic E-state index is 4.86. The van der Waals surface area contributed by atoms with Crippen molar-refractivity contribution >= 4 is 5.82 Å². The Morgan fingerprint density at radius 1 is 1.30 bits per heavy atom. The molecule has 0 radical (unpaired) electrons. The Morgan fingerprint density at radius 2 is 2.00 bits per heavy atom. The minimum atomic E-state index is 0.533. The molecule has 0 aliphatic carbocycles. The molecule has 20 heavy (non-hydrogen) atoms. The maximum Gasteiger partial charge on any atom is 0.133 e. The van der Waals surface area contributed by atoms with Crippen molar-refractivity contribution in [3.8, 4) is 0 Å². The first-order valence-electron chi connectivity index (χ1n) is 7.93. The van der Waals surface area contributed by atoms with Gasteiger partial charge in [-0.15, -0.1) is 0 Å². The van der Waals surface area contributed by atoms with Gasteiger partial charge in [0.15, 0.2) is 0 Å². The monoisotopic (exact) mass is 277 g/mol. The van der Waals surface area contributed by atoms with Crippen molar-refractivity contribution in [3.63, 3.8) is 0 Å². The summed E-state index contributed by atoms with van der Waals surface area (Å²) in [4.78, 5) is 7.36. The topological polar surface area (TPSA) is 28.2 Å². The first kappa shape index (κ1) is 17.0.